The van der Waals surface area contributed by atoms with Crippen LogP contribution >= 0.6 is 0 Å². The zero-order chi connectivity index (χ0) is 21.7. The Kier molecular flexibility index (Phi) is 7.14. The monoisotopic (exact) mass is 409 g/mol. The van der Waals surface area contributed by atoms with E-state index in [1.807, 2.05) is 0 Å². The molecule has 1 N–H and O–H groups in total. The lowest BCUT2D eigenvalue weighted by Gasteiger charge is -2.27. The number of nitrogens with zero attached hydrogens (tertiary/aromatic N) is 3. The largest absolute Gasteiger partial charge is 0.395 e. The van der Waals surface area contributed by atoms with E-state index in [0.29, 0.717) is 13.0 Å². The highest BCUT2D eigenvalue weighted by molar-refractivity contribution is 5.92. The van der Waals surface area contributed by atoms with Gasteiger partial charge in [-0.25, -0.2) is 4.98 Å². The van der Waals surface area contributed by atoms with Crippen LogP contribution in [0.15, 0.2) is 35.9 Å². The van der Waals surface area contributed by atoms with Gasteiger partial charge in [-0.2, -0.15) is 0 Å². The number of aliphatic hydroxyl groups excluding tert-OH is 1. The van der Waals surface area contributed by atoms with Crippen molar-refractivity contribution in [1.82, 2.24) is 9.55 Å². The first-order chi connectivity index (χ1) is 14.4. The van der Waals surface area contributed by atoms with Crippen LogP contribution in [0.3, 0.4) is 0 Å². The normalized spacial score (nSPS) is 16.4. The average molecular weight is 410 g/mol. The maximum absolute atomic E-state index is 12.1. The van der Waals surface area contributed by atoms with E-state index in [-0.39, 0.29) is 17.8 Å². The summed E-state index contributed by atoms with van der Waals surface area (Å²) in [6.07, 6.45) is 9.62. The second-order valence-electron chi connectivity index (χ2n) is 8.99. The fourth-order valence-electron chi connectivity index (χ4n) is 4.28. The highest BCUT2D eigenvalue weighted by atomic mass is 16.3. The predicted molar refractivity (Wildman–Crippen MR) is 125 cm³/mol. The maximum atomic E-state index is 12.1. The van der Waals surface area contributed by atoms with Gasteiger partial charge < -0.3 is 14.6 Å². The molecule has 30 heavy (non-hydrogen) atoms. The first-order valence-electron chi connectivity index (χ1n) is 11.1. The molecular weight excluding hydrogens is 374 g/mol. The maximum Gasteiger partial charge on any atom is 0.156 e. The van der Waals surface area contributed by atoms with Crippen LogP contribution in [0, 0.1) is 5.41 Å². The minimum absolute atomic E-state index is 0.0130. The van der Waals surface area contributed by atoms with Crippen molar-refractivity contribution < 1.29 is 9.90 Å². The zero-order valence-electron chi connectivity index (χ0n) is 18.8. The summed E-state index contributed by atoms with van der Waals surface area (Å²) < 4.78 is 2.28. The summed E-state index contributed by atoms with van der Waals surface area (Å²) >= 11 is 0. The molecule has 0 unspecified atom stereocenters. The van der Waals surface area contributed by atoms with Crippen LogP contribution < -0.4 is 4.90 Å². The molecule has 0 atom stereocenters. The number of fused-ring (bicyclic) bond motifs is 1. The molecule has 0 saturated carbocycles. The predicted octanol–water partition coefficient (Wildman–Crippen LogP) is 4.98. The summed E-state index contributed by atoms with van der Waals surface area (Å²) in [5.74, 6) is 1.14. The molecule has 5 nitrogen and oxygen atoms in total. The molecule has 1 aromatic heterocycles. The van der Waals surface area contributed by atoms with Gasteiger partial charge in [0.25, 0.3) is 0 Å². The van der Waals surface area contributed by atoms with E-state index in [0.717, 1.165) is 60.5 Å². The lowest BCUT2D eigenvalue weighted by Crippen LogP contribution is -2.26. The van der Waals surface area contributed by atoms with Gasteiger partial charge in [0.15, 0.2) is 5.78 Å². The lowest BCUT2D eigenvalue weighted by atomic mass is 9.77. The quantitative estimate of drug-likeness (QED) is 0.634. The number of carbonyl (C=O) groups excluding carboxylic acids is 1. The van der Waals surface area contributed by atoms with Crippen molar-refractivity contribution in [1.29, 1.82) is 0 Å². The van der Waals surface area contributed by atoms with Crippen molar-refractivity contribution in [2.24, 2.45) is 5.41 Å². The minimum atomic E-state index is 0.0130. The third-order valence-corrected chi connectivity index (χ3v) is 5.74. The van der Waals surface area contributed by atoms with E-state index < -0.39 is 0 Å². The Bertz CT molecular complexity index is 953. The number of imidazole rings is 1. The highest BCUT2D eigenvalue weighted by Crippen LogP contribution is 2.34. The Morgan fingerprint density at radius 3 is 2.70 bits per heavy atom. The molecule has 0 radical (unpaired) electrons. The van der Waals surface area contributed by atoms with Crippen molar-refractivity contribution in [3.05, 3.63) is 41.7 Å². The van der Waals surface area contributed by atoms with Gasteiger partial charge in [-0.15, -0.1) is 0 Å². The summed E-state index contributed by atoms with van der Waals surface area (Å²) in [6.45, 7) is 11.1. The molecule has 2 aromatic rings. The first-order valence-corrected chi connectivity index (χ1v) is 11.1. The zero-order valence-corrected chi connectivity index (χ0v) is 18.8. The van der Waals surface area contributed by atoms with E-state index in [2.05, 4.69) is 67.5 Å². The number of hydrogen-bond acceptors (Lipinski definition) is 4. The second kappa shape index (κ2) is 9.61. The van der Waals surface area contributed by atoms with Gasteiger partial charge in [-0.3, -0.25) is 4.79 Å². The highest BCUT2D eigenvalue weighted by Gasteiger charge is 2.26. The summed E-state index contributed by atoms with van der Waals surface area (Å²) in [6, 6.07) is 6.33. The Hall–Kier alpha value is -2.40. The number of ketones is 1. The Labute approximate surface area is 180 Å². The summed E-state index contributed by atoms with van der Waals surface area (Å²) in [5, 5.41) is 9.37. The number of hydrogen-bond donors (Lipinski definition) is 1. The molecule has 162 valence electrons. The Morgan fingerprint density at radius 1 is 1.23 bits per heavy atom. The molecular formula is C25H35N3O2. The molecule has 0 amide bonds. The average Bonchev–Trinajstić information content (AvgIpc) is 3.04. The van der Waals surface area contributed by atoms with Crippen LogP contribution in [0.4, 0.5) is 5.69 Å². The molecule has 3 rings (SSSR count). The summed E-state index contributed by atoms with van der Waals surface area (Å²) in [7, 11) is 0. The number of benzene rings is 1. The third kappa shape index (κ3) is 5.20. The third-order valence-electron chi connectivity index (χ3n) is 5.74. The molecule has 0 aliphatic heterocycles. The van der Waals surface area contributed by atoms with Crippen LogP contribution in [0.5, 0.6) is 0 Å². The molecule has 0 bridgehead atoms. The van der Waals surface area contributed by atoms with E-state index in [1.165, 1.54) is 0 Å². The Balaban J connectivity index is 1.98. The standard InChI is InChI=1S/C25H35N3O2/c1-5-7-12-28-23-16-20(27(6-2)13-14-29)9-10-22(23)26-24(28)11-8-19-15-21(30)18-25(3,4)17-19/h8-11,15-16,29H,5-7,12-14,17-18H2,1-4H3. The summed E-state index contributed by atoms with van der Waals surface area (Å²) in [5.41, 5.74) is 4.29. The van der Waals surface area contributed by atoms with Crippen LogP contribution in [0.1, 0.15) is 59.2 Å². The van der Waals surface area contributed by atoms with Crippen LogP contribution in [0.25, 0.3) is 17.1 Å². The van der Waals surface area contributed by atoms with Crippen molar-refractivity contribution in [3.8, 4) is 0 Å². The number of anilines is 1. The van der Waals surface area contributed by atoms with Crippen molar-refractivity contribution in [2.75, 3.05) is 24.6 Å². The molecule has 5 heteroatoms. The van der Waals surface area contributed by atoms with E-state index in [4.69, 9.17) is 4.98 Å². The SMILES string of the molecule is CCCCn1c(C=CC2=CC(=O)CC(C)(C)C2)nc2ccc(N(CC)CCO)cc21. The molecule has 0 spiro atoms. The second-order valence-corrected chi connectivity index (χ2v) is 8.99. The first kappa shape index (κ1) is 22.3. The molecule has 1 heterocycles. The van der Waals surface area contributed by atoms with Gasteiger partial charge in [0.1, 0.15) is 5.82 Å². The fourth-order valence-corrected chi connectivity index (χ4v) is 4.28. The van der Waals surface area contributed by atoms with E-state index in [1.54, 1.807) is 6.08 Å². The number of likely N-dealkylation sites (N-methyl/N-ethyl adjacent to an activating group) is 1. The molecule has 1 aliphatic carbocycles. The van der Waals surface area contributed by atoms with Gasteiger partial charge >= 0.3 is 0 Å². The van der Waals surface area contributed by atoms with Crippen molar-refractivity contribution in [3.63, 3.8) is 0 Å². The molecule has 1 aromatic carbocycles. The smallest absolute Gasteiger partial charge is 0.156 e. The number of rotatable bonds is 9. The van der Waals surface area contributed by atoms with Gasteiger partial charge in [0.05, 0.1) is 17.6 Å². The van der Waals surface area contributed by atoms with Gasteiger partial charge in [0, 0.05) is 31.7 Å². The lowest BCUT2D eigenvalue weighted by molar-refractivity contribution is -0.116. The van der Waals surface area contributed by atoms with Crippen LogP contribution in [-0.2, 0) is 11.3 Å². The van der Waals surface area contributed by atoms with E-state index >= 15 is 0 Å². The summed E-state index contributed by atoms with van der Waals surface area (Å²) in [4.78, 5) is 19.1. The number of aliphatic hydroxyl groups is 1. The molecule has 0 fully saturated rings. The number of aryl methyl sites for hydroxylation is 1. The van der Waals surface area contributed by atoms with Crippen molar-refractivity contribution in [2.45, 2.75) is 59.9 Å². The number of unbranched alkanes of at least 4 members (excludes halogenated alkanes) is 1. The fraction of sp³-hybridized carbons (Fsp3) is 0.520. The Morgan fingerprint density at radius 2 is 2.03 bits per heavy atom. The molecule has 1 aliphatic rings. The van der Waals surface area contributed by atoms with Gasteiger partial charge in [0.2, 0.25) is 0 Å². The minimum Gasteiger partial charge on any atom is -0.395 e. The number of allylic oxidation sites excluding steroid dienone is 3. The van der Waals surface area contributed by atoms with Crippen molar-refractivity contribution >= 4 is 28.6 Å². The number of carbonyl (C=O) groups is 1. The molecule has 0 saturated heterocycles. The number of aromatic nitrogens is 2. The van der Waals surface area contributed by atoms with Crippen LogP contribution in [-0.4, -0.2) is 40.1 Å². The van der Waals surface area contributed by atoms with Crippen LogP contribution in [0.2, 0.25) is 0 Å². The van der Waals surface area contributed by atoms with E-state index in [9.17, 15) is 9.90 Å². The topological polar surface area (TPSA) is 58.4 Å². The van der Waals surface area contributed by atoms with Gasteiger partial charge in [-0.1, -0.05) is 33.3 Å². The van der Waals surface area contributed by atoms with Gasteiger partial charge in [-0.05, 0) is 61.1 Å².